The van der Waals surface area contributed by atoms with Gasteiger partial charge in [-0.1, -0.05) is 6.07 Å². The molecule has 0 aliphatic carbocycles. The third-order valence-electron chi connectivity index (χ3n) is 4.05. The highest BCUT2D eigenvalue weighted by Gasteiger charge is 2.17. The molecule has 1 rings (SSSR count). The third-order valence-corrected chi connectivity index (χ3v) is 4.05. The summed E-state index contributed by atoms with van der Waals surface area (Å²) in [6.07, 6.45) is 4.52. The summed E-state index contributed by atoms with van der Waals surface area (Å²) in [5.41, 5.74) is 1.80. The van der Waals surface area contributed by atoms with Crippen LogP contribution >= 0.6 is 0 Å². The molecule has 0 saturated carbocycles. The Balaban J connectivity index is 2.98. The average molecular weight is 319 g/mol. The molecular formula is C19H21N5. The summed E-state index contributed by atoms with van der Waals surface area (Å²) in [5.74, 6) is 0.189. The molecular weight excluding hydrogens is 298 g/mol. The zero-order valence-corrected chi connectivity index (χ0v) is 13.8. The maximum Gasteiger partial charge on any atom is 0.0621 e. The Kier molecular flexibility index (Phi) is 9.30. The Morgan fingerprint density at radius 2 is 1.00 bits per heavy atom. The standard InChI is InChI=1S/C19H21N5/c20-12-2-6-16(7-3-13-21)18-10-1-11-19(24-18)17(8-4-14-22)9-5-15-23/h1,10-11,16-17H,2-9H2. The van der Waals surface area contributed by atoms with Gasteiger partial charge in [0, 0.05) is 48.9 Å². The van der Waals surface area contributed by atoms with Gasteiger partial charge in [-0.2, -0.15) is 21.0 Å². The van der Waals surface area contributed by atoms with E-state index in [0.29, 0.717) is 51.4 Å². The lowest BCUT2D eigenvalue weighted by molar-refractivity contribution is 0.551. The van der Waals surface area contributed by atoms with Gasteiger partial charge in [-0.15, -0.1) is 0 Å². The van der Waals surface area contributed by atoms with Gasteiger partial charge in [-0.05, 0) is 37.8 Å². The molecule has 0 amide bonds. The summed E-state index contributed by atoms with van der Waals surface area (Å²) in [5, 5.41) is 35.3. The van der Waals surface area contributed by atoms with E-state index in [4.69, 9.17) is 26.0 Å². The zero-order valence-electron chi connectivity index (χ0n) is 13.8. The van der Waals surface area contributed by atoms with Crippen LogP contribution in [0.2, 0.25) is 0 Å². The quantitative estimate of drug-likeness (QED) is 0.632. The highest BCUT2D eigenvalue weighted by atomic mass is 14.7. The number of hydrogen-bond acceptors (Lipinski definition) is 5. The van der Waals surface area contributed by atoms with Crippen molar-refractivity contribution in [2.75, 3.05) is 0 Å². The third kappa shape index (κ3) is 6.48. The lowest BCUT2D eigenvalue weighted by atomic mass is 9.91. The Morgan fingerprint density at radius 3 is 1.29 bits per heavy atom. The van der Waals surface area contributed by atoms with Gasteiger partial charge >= 0.3 is 0 Å². The van der Waals surface area contributed by atoms with Gasteiger partial charge in [0.2, 0.25) is 0 Å². The number of nitriles is 4. The van der Waals surface area contributed by atoms with Crippen LogP contribution in [0.1, 0.15) is 74.6 Å². The van der Waals surface area contributed by atoms with Crippen molar-refractivity contribution in [3.05, 3.63) is 29.6 Å². The Labute approximate surface area is 143 Å². The SMILES string of the molecule is N#CCCC(CCC#N)c1cccc(C(CCC#N)CCC#N)n1. The maximum atomic E-state index is 8.83. The molecule has 0 bridgehead atoms. The fourth-order valence-electron chi connectivity index (χ4n) is 2.76. The van der Waals surface area contributed by atoms with E-state index < -0.39 is 0 Å². The van der Waals surface area contributed by atoms with Crippen molar-refractivity contribution in [1.29, 1.82) is 21.0 Å². The van der Waals surface area contributed by atoms with Crippen molar-refractivity contribution in [3.8, 4) is 24.3 Å². The molecule has 0 spiro atoms. The second-order valence-electron chi connectivity index (χ2n) is 5.67. The van der Waals surface area contributed by atoms with Crippen LogP contribution in [0, 0.1) is 45.3 Å². The smallest absolute Gasteiger partial charge is 0.0621 e. The minimum absolute atomic E-state index is 0.0943. The van der Waals surface area contributed by atoms with Gasteiger partial charge in [0.05, 0.1) is 24.3 Å². The first-order valence-corrected chi connectivity index (χ1v) is 8.21. The number of rotatable bonds is 10. The maximum absolute atomic E-state index is 8.83. The molecule has 24 heavy (non-hydrogen) atoms. The van der Waals surface area contributed by atoms with Crippen molar-refractivity contribution >= 4 is 0 Å². The van der Waals surface area contributed by atoms with E-state index in [-0.39, 0.29) is 11.8 Å². The van der Waals surface area contributed by atoms with E-state index in [1.54, 1.807) is 0 Å². The highest BCUT2D eigenvalue weighted by Crippen LogP contribution is 2.29. The van der Waals surface area contributed by atoms with E-state index in [0.717, 1.165) is 11.4 Å². The first-order valence-electron chi connectivity index (χ1n) is 8.21. The summed E-state index contributed by atoms with van der Waals surface area (Å²) in [4.78, 5) is 4.75. The molecule has 0 saturated heterocycles. The van der Waals surface area contributed by atoms with Crippen molar-refractivity contribution in [2.24, 2.45) is 0 Å². The van der Waals surface area contributed by atoms with Gasteiger partial charge in [0.25, 0.3) is 0 Å². The van der Waals surface area contributed by atoms with E-state index in [9.17, 15) is 0 Å². The highest BCUT2D eigenvalue weighted by molar-refractivity contribution is 5.18. The van der Waals surface area contributed by atoms with Crippen LogP contribution in [-0.4, -0.2) is 4.98 Å². The van der Waals surface area contributed by atoms with E-state index in [2.05, 4.69) is 24.3 Å². The Bertz CT molecular complexity index is 577. The minimum atomic E-state index is 0.0943. The molecule has 1 aromatic heterocycles. The predicted molar refractivity (Wildman–Crippen MR) is 89.1 cm³/mol. The van der Waals surface area contributed by atoms with Crippen molar-refractivity contribution in [3.63, 3.8) is 0 Å². The van der Waals surface area contributed by atoms with Gasteiger partial charge < -0.3 is 0 Å². The second-order valence-corrected chi connectivity index (χ2v) is 5.67. The fraction of sp³-hybridized carbons (Fsp3) is 0.526. The molecule has 0 aliphatic rings. The molecule has 0 aliphatic heterocycles. The van der Waals surface area contributed by atoms with Crippen molar-refractivity contribution < 1.29 is 0 Å². The topological polar surface area (TPSA) is 108 Å². The normalized spacial score (nSPS) is 9.92. The molecule has 0 unspecified atom stereocenters. The molecule has 1 heterocycles. The summed E-state index contributed by atoms with van der Waals surface area (Å²) in [7, 11) is 0. The van der Waals surface area contributed by atoms with Gasteiger partial charge in [0.1, 0.15) is 0 Å². The average Bonchev–Trinajstić information content (AvgIpc) is 2.62. The van der Waals surface area contributed by atoms with E-state index >= 15 is 0 Å². The predicted octanol–water partition coefficient (Wildman–Crippen LogP) is 4.46. The molecule has 5 heteroatoms. The molecule has 0 N–H and O–H groups in total. The molecule has 1 aromatic rings. The molecule has 122 valence electrons. The lowest BCUT2D eigenvalue weighted by Crippen LogP contribution is -2.07. The van der Waals surface area contributed by atoms with Crippen LogP contribution in [0.4, 0.5) is 0 Å². The number of nitrogens with zero attached hydrogens (tertiary/aromatic N) is 5. The molecule has 0 aromatic carbocycles. The van der Waals surface area contributed by atoms with Crippen LogP contribution in [0.3, 0.4) is 0 Å². The second kappa shape index (κ2) is 11.6. The van der Waals surface area contributed by atoms with E-state index in [1.807, 2.05) is 18.2 Å². The van der Waals surface area contributed by atoms with E-state index in [1.165, 1.54) is 0 Å². The number of aromatic nitrogens is 1. The Hall–Kier alpha value is -2.89. The largest absolute Gasteiger partial charge is 0.257 e. The van der Waals surface area contributed by atoms with Crippen LogP contribution < -0.4 is 0 Å². The zero-order chi connectivity index (χ0) is 17.6. The Morgan fingerprint density at radius 1 is 0.667 bits per heavy atom. The first kappa shape index (κ1) is 19.2. The summed E-state index contributed by atoms with van der Waals surface area (Å²) < 4.78 is 0. The van der Waals surface area contributed by atoms with Crippen LogP contribution in [-0.2, 0) is 0 Å². The minimum Gasteiger partial charge on any atom is -0.257 e. The fourth-order valence-corrected chi connectivity index (χ4v) is 2.76. The van der Waals surface area contributed by atoms with Crippen LogP contribution in [0.25, 0.3) is 0 Å². The van der Waals surface area contributed by atoms with Crippen LogP contribution in [0.15, 0.2) is 18.2 Å². The molecule has 5 nitrogen and oxygen atoms in total. The van der Waals surface area contributed by atoms with Gasteiger partial charge in [-0.25, -0.2) is 0 Å². The summed E-state index contributed by atoms with van der Waals surface area (Å²) in [6, 6.07) is 14.4. The van der Waals surface area contributed by atoms with Crippen molar-refractivity contribution in [2.45, 2.75) is 63.2 Å². The van der Waals surface area contributed by atoms with Gasteiger partial charge in [-0.3, -0.25) is 4.98 Å². The molecule has 0 radical (unpaired) electrons. The summed E-state index contributed by atoms with van der Waals surface area (Å²) >= 11 is 0. The lowest BCUT2D eigenvalue weighted by Gasteiger charge is -2.18. The van der Waals surface area contributed by atoms with Crippen molar-refractivity contribution in [1.82, 2.24) is 4.98 Å². The van der Waals surface area contributed by atoms with Crippen LogP contribution in [0.5, 0.6) is 0 Å². The number of hydrogen-bond donors (Lipinski definition) is 0. The first-order chi connectivity index (χ1) is 11.8. The number of pyridine rings is 1. The molecule has 0 fully saturated rings. The molecule has 0 atom stereocenters. The van der Waals surface area contributed by atoms with Gasteiger partial charge in [0.15, 0.2) is 0 Å². The summed E-state index contributed by atoms with van der Waals surface area (Å²) in [6.45, 7) is 0. The monoisotopic (exact) mass is 319 g/mol.